The molecule has 0 fully saturated rings. The van der Waals surface area contributed by atoms with Crippen LogP contribution in [0.3, 0.4) is 0 Å². The van der Waals surface area contributed by atoms with E-state index in [-0.39, 0.29) is 24.6 Å². The second-order valence-electron chi connectivity index (χ2n) is 4.34. The normalized spacial score (nSPS) is 12.3. The Kier molecular flexibility index (Phi) is 4.97. The van der Waals surface area contributed by atoms with Crippen LogP contribution >= 0.6 is 0 Å². The van der Waals surface area contributed by atoms with E-state index in [1.165, 1.54) is 0 Å². The summed E-state index contributed by atoms with van der Waals surface area (Å²) in [5.41, 5.74) is 6.73. The summed E-state index contributed by atoms with van der Waals surface area (Å²) in [6, 6.07) is 7.50. The maximum Gasteiger partial charge on any atom is 0.258 e. The Bertz CT molecular complexity index is 375. The number of rotatable bonds is 5. The van der Waals surface area contributed by atoms with Crippen LogP contribution < -0.4 is 15.8 Å². The topological polar surface area (TPSA) is 64.3 Å². The highest BCUT2D eigenvalue weighted by molar-refractivity contribution is 5.77. The molecule has 0 heterocycles. The minimum Gasteiger partial charge on any atom is -0.483 e. The summed E-state index contributed by atoms with van der Waals surface area (Å²) in [4.78, 5) is 11.4. The summed E-state index contributed by atoms with van der Waals surface area (Å²) >= 11 is 0. The molecule has 4 nitrogen and oxygen atoms in total. The molecule has 1 aromatic rings. The fourth-order valence-corrected chi connectivity index (χ4v) is 1.50. The van der Waals surface area contributed by atoms with Gasteiger partial charge < -0.3 is 15.8 Å². The Morgan fingerprint density at radius 2 is 2.00 bits per heavy atom. The molecule has 0 spiro atoms. The number of ether oxygens (including phenoxy) is 1. The molecule has 1 unspecified atom stereocenters. The first kappa shape index (κ1) is 13.5. The molecule has 0 bridgehead atoms. The van der Waals surface area contributed by atoms with Gasteiger partial charge in [-0.3, -0.25) is 4.79 Å². The molecule has 3 N–H and O–H groups in total. The summed E-state index contributed by atoms with van der Waals surface area (Å²) in [7, 11) is 0. The highest BCUT2D eigenvalue weighted by atomic mass is 16.5. The Balaban J connectivity index is 2.60. The number of carbonyl (C=O) groups is 1. The first-order chi connectivity index (χ1) is 8.00. The van der Waals surface area contributed by atoms with Crippen molar-refractivity contribution in [2.75, 3.05) is 6.61 Å². The molecule has 0 aromatic heterocycles. The zero-order chi connectivity index (χ0) is 12.8. The summed E-state index contributed by atoms with van der Waals surface area (Å²) in [5, 5.41) is 2.77. The predicted molar refractivity (Wildman–Crippen MR) is 67.8 cm³/mol. The van der Waals surface area contributed by atoms with Crippen LogP contribution in [0.25, 0.3) is 0 Å². The number of amides is 1. The molecular weight excluding hydrogens is 216 g/mol. The molecule has 0 aliphatic rings. The number of para-hydroxylation sites is 1. The molecule has 0 saturated carbocycles. The fourth-order valence-electron chi connectivity index (χ4n) is 1.50. The number of nitrogens with two attached hydrogens (primary N) is 1. The van der Waals surface area contributed by atoms with Gasteiger partial charge in [0.1, 0.15) is 5.75 Å². The quantitative estimate of drug-likeness (QED) is 0.816. The van der Waals surface area contributed by atoms with Gasteiger partial charge in [-0.2, -0.15) is 0 Å². The van der Waals surface area contributed by atoms with Crippen molar-refractivity contribution in [3.05, 3.63) is 29.8 Å². The number of hydrogen-bond acceptors (Lipinski definition) is 3. The summed E-state index contributed by atoms with van der Waals surface area (Å²) in [5.74, 6) is 0.542. The van der Waals surface area contributed by atoms with Crippen molar-refractivity contribution >= 4 is 5.91 Å². The van der Waals surface area contributed by atoms with E-state index in [9.17, 15) is 4.79 Å². The molecule has 1 atom stereocenters. The lowest BCUT2D eigenvalue weighted by Gasteiger charge is -2.14. The third kappa shape index (κ3) is 4.44. The van der Waals surface area contributed by atoms with Crippen molar-refractivity contribution in [3.63, 3.8) is 0 Å². The van der Waals surface area contributed by atoms with Gasteiger partial charge in [-0.05, 0) is 26.8 Å². The van der Waals surface area contributed by atoms with Crippen LogP contribution in [0.5, 0.6) is 5.75 Å². The molecule has 1 amide bonds. The van der Waals surface area contributed by atoms with Crippen molar-refractivity contribution in [3.8, 4) is 5.75 Å². The number of carbonyl (C=O) groups excluding carboxylic acids is 1. The Labute approximate surface area is 102 Å². The molecule has 0 saturated heterocycles. The number of nitrogens with one attached hydrogen (secondary N) is 1. The second kappa shape index (κ2) is 6.25. The lowest BCUT2D eigenvalue weighted by molar-refractivity contribution is -0.123. The van der Waals surface area contributed by atoms with E-state index in [4.69, 9.17) is 10.5 Å². The van der Waals surface area contributed by atoms with E-state index < -0.39 is 0 Å². The standard InChI is InChI=1S/C13H20N2O2/c1-9(2)15-13(16)8-17-12-7-5-4-6-11(12)10(3)14/h4-7,9-10H,8,14H2,1-3H3,(H,15,16). The van der Waals surface area contributed by atoms with E-state index in [1.54, 1.807) is 0 Å². The van der Waals surface area contributed by atoms with Crippen molar-refractivity contribution in [1.29, 1.82) is 0 Å². The second-order valence-corrected chi connectivity index (χ2v) is 4.34. The van der Waals surface area contributed by atoms with Crippen molar-refractivity contribution in [2.45, 2.75) is 32.9 Å². The van der Waals surface area contributed by atoms with Gasteiger partial charge in [0.05, 0.1) is 0 Å². The van der Waals surface area contributed by atoms with E-state index in [0.29, 0.717) is 5.75 Å². The van der Waals surface area contributed by atoms with Crippen LogP contribution in [-0.4, -0.2) is 18.6 Å². The van der Waals surface area contributed by atoms with Crippen molar-refractivity contribution in [2.24, 2.45) is 5.73 Å². The summed E-state index contributed by atoms with van der Waals surface area (Å²) in [6.07, 6.45) is 0. The molecule has 0 radical (unpaired) electrons. The fraction of sp³-hybridized carbons (Fsp3) is 0.462. The van der Waals surface area contributed by atoms with Crippen molar-refractivity contribution in [1.82, 2.24) is 5.32 Å². The zero-order valence-electron chi connectivity index (χ0n) is 10.6. The summed E-state index contributed by atoms with van der Waals surface area (Å²) < 4.78 is 5.47. The number of benzene rings is 1. The van der Waals surface area contributed by atoms with Gasteiger partial charge in [0, 0.05) is 17.6 Å². The third-order valence-corrected chi connectivity index (χ3v) is 2.22. The lowest BCUT2D eigenvalue weighted by atomic mass is 10.1. The maximum absolute atomic E-state index is 11.4. The van der Waals surface area contributed by atoms with Crippen LogP contribution in [0.2, 0.25) is 0 Å². The first-order valence-corrected chi connectivity index (χ1v) is 5.77. The molecule has 1 rings (SSSR count). The van der Waals surface area contributed by atoms with Gasteiger partial charge >= 0.3 is 0 Å². The lowest BCUT2D eigenvalue weighted by Crippen LogP contribution is -2.34. The molecular formula is C13H20N2O2. The van der Waals surface area contributed by atoms with Gasteiger partial charge in [-0.15, -0.1) is 0 Å². The monoisotopic (exact) mass is 236 g/mol. The zero-order valence-corrected chi connectivity index (χ0v) is 10.6. The van der Waals surface area contributed by atoms with Gasteiger partial charge in [0.2, 0.25) is 0 Å². The maximum atomic E-state index is 11.4. The molecule has 0 aliphatic carbocycles. The summed E-state index contributed by atoms with van der Waals surface area (Å²) in [6.45, 7) is 5.72. The third-order valence-electron chi connectivity index (χ3n) is 2.22. The number of hydrogen-bond donors (Lipinski definition) is 2. The first-order valence-electron chi connectivity index (χ1n) is 5.77. The average molecular weight is 236 g/mol. The van der Waals surface area contributed by atoms with Crippen LogP contribution in [-0.2, 0) is 4.79 Å². The van der Waals surface area contributed by atoms with E-state index in [0.717, 1.165) is 5.56 Å². The van der Waals surface area contributed by atoms with Crippen LogP contribution in [0.4, 0.5) is 0 Å². The molecule has 0 aliphatic heterocycles. The smallest absolute Gasteiger partial charge is 0.258 e. The van der Waals surface area contributed by atoms with E-state index in [1.807, 2.05) is 45.0 Å². The minimum atomic E-state index is -0.125. The molecule has 1 aromatic carbocycles. The van der Waals surface area contributed by atoms with E-state index in [2.05, 4.69) is 5.32 Å². The van der Waals surface area contributed by atoms with Gasteiger partial charge in [-0.1, -0.05) is 18.2 Å². The largest absolute Gasteiger partial charge is 0.483 e. The Morgan fingerprint density at radius 3 is 2.59 bits per heavy atom. The predicted octanol–water partition coefficient (Wildman–Crippen LogP) is 1.61. The van der Waals surface area contributed by atoms with Crippen LogP contribution in [0.1, 0.15) is 32.4 Å². The van der Waals surface area contributed by atoms with Crippen LogP contribution in [0.15, 0.2) is 24.3 Å². The molecule has 17 heavy (non-hydrogen) atoms. The van der Waals surface area contributed by atoms with E-state index >= 15 is 0 Å². The van der Waals surface area contributed by atoms with Gasteiger partial charge in [0.15, 0.2) is 6.61 Å². The molecule has 94 valence electrons. The van der Waals surface area contributed by atoms with Crippen LogP contribution in [0, 0.1) is 0 Å². The highest BCUT2D eigenvalue weighted by Crippen LogP contribution is 2.22. The Hall–Kier alpha value is -1.55. The van der Waals surface area contributed by atoms with Gasteiger partial charge in [0.25, 0.3) is 5.91 Å². The van der Waals surface area contributed by atoms with Gasteiger partial charge in [-0.25, -0.2) is 0 Å². The average Bonchev–Trinajstić information content (AvgIpc) is 2.25. The minimum absolute atomic E-state index is 0.0158. The highest BCUT2D eigenvalue weighted by Gasteiger charge is 2.09. The Morgan fingerprint density at radius 1 is 1.35 bits per heavy atom. The molecule has 4 heteroatoms. The SMILES string of the molecule is CC(C)NC(=O)COc1ccccc1C(C)N. The van der Waals surface area contributed by atoms with Crippen molar-refractivity contribution < 1.29 is 9.53 Å².